The van der Waals surface area contributed by atoms with Crippen LogP contribution >= 0.6 is 11.3 Å². The molecule has 5 nitrogen and oxygen atoms in total. The van der Waals surface area contributed by atoms with E-state index in [-0.39, 0.29) is 5.91 Å². The number of hydrogen-bond acceptors (Lipinski definition) is 5. The summed E-state index contributed by atoms with van der Waals surface area (Å²) in [6, 6.07) is 7.14. The summed E-state index contributed by atoms with van der Waals surface area (Å²) in [5, 5.41) is 5.98. The molecule has 0 aliphatic rings. The molecule has 21 heavy (non-hydrogen) atoms. The van der Waals surface area contributed by atoms with Gasteiger partial charge in [0, 0.05) is 36.3 Å². The molecular formula is C15H20N4OS. The van der Waals surface area contributed by atoms with Gasteiger partial charge in [-0.2, -0.15) is 0 Å². The van der Waals surface area contributed by atoms with Gasteiger partial charge in [-0.25, -0.2) is 4.98 Å². The van der Waals surface area contributed by atoms with E-state index in [0.717, 1.165) is 22.9 Å². The normalized spacial score (nSPS) is 10.8. The lowest BCUT2D eigenvalue weighted by Gasteiger charge is -2.15. The molecule has 1 aromatic carbocycles. The molecule has 2 rings (SSSR count). The van der Waals surface area contributed by atoms with Crippen molar-refractivity contribution in [1.29, 1.82) is 0 Å². The molecule has 0 fully saturated rings. The molecule has 0 radical (unpaired) electrons. The Morgan fingerprint density at radius 2 is 2.10 bits per heavy atom. The highest BCUT2D eigenvalue weighted by molar-refractivity contribution is 7.09. The molecule has 0 aliphatic carbocycles. The van der Waals surface area contributed by atoms with Gasteiger partial charge in [0.2, 0.25) is 5.91 Å². The number of carbonyl (C=O) groups excluding carboxylic acids is 1. The average Bonchev–Trinajstić information content (AvgIpc) is 2.84. The van der Waals surface area contributed by atoms with Crippen LogP contribution < -0.4 is 11.1 Å². The molecule has 1 heterocycles. The van der Waals surface area contributed by atoms with E-state index < -0.39 is 0 Å². The summed E-state index contributed by atoms with van der Waals surface area (Å²) in [5.41, 5.74) is 8.12. The summed E-state index contributed by atoms with van der Waals surface area (Å²) in [6.45, 7) is 3.45. The average molecular weight is 304 g/mol. The third-order valence-electron chi connectivity index (χ3n) is 3.01. The highest BCUT2D eigenvalue weighted by Gasteiger charge is 2.07. The molecular weight excluding hydrogens is 284 g/mol. The number of aryl methyl sites for hydroxylation is 1. The monoisotopic (exact) mass is 304 g/mol. The number of benzene rings is 1. The van der Waals surface area contributed by atoms with Crippen LogP contribution in [0.5, 0.6) is 0 Å². The van der Waals surface area contributed by atoms with Gasteiger partial charge < -0.3 is 16.0 Å². The van der Waals surface area contributed by atoms with Gasteiger partial charge in [0.25, 0.3) is 0 Å². The molecule has 2 aromatic rings. The minimum atomic E-state index is 0.001000. The van der Waals surface area contributed by atoms with Crippen molar-refractivity contribution in [2.45, 2.75) is 19.9 Å². The summed E-state index contributed by atoms with van der Waals surface area (Å²) < 4.78 is 0. The Labute approximate surface area is 128 Å². The summed E-state index contributed by atoms with van der Waals surface area (Å²) in [6.07, 6.45) is 0.448. The number of nitrogens with two attached hydrogens (primary N) is 1. The predicted molar refractivity (Wildman–Crippen MR) is 87.3 cm³/mol. The summed E-state index contributed by atoms with van der Waals surface area (Å²) in [7, 11) is 1.99. The minimum Gasteiger partial charge on any atom is -0.399 e. The molecule has 6 heteroatoms. The fourth-order valence-corrected chi connectivity index (χ4v) is 2.52. The first-order chi connectivity index (χ1) is 10.0. The number of nitrogens with zero attached hydrogens (tertiary/aromatic N) is 2. The Morgan fingerprint density at radius 3 is 2.71 bits per heavy atom. The van der Waals surface area contributed by atoms with E-state index in [2.05, 4.69) is 20.6 Å². The number of amides is 1. The summed E-state index contributed by atoms with van der Waals surface area (Å²) in [4.78, 5) is 18.4. The standard InChI is InChI=1S/C15H20N4OS/c1-11-17-14(10-21-11)9-19(2)8-7-15(20)18-13-5-3-12(16)4-6-13/h3-6,10H,7-9,16H2,1-2H3,(H,18,20). The number of aromatic nitrogens is 1. The third-order valence-corrected chi connectivity index (χ3v) is 3.84. The Kier molecular flexibility index (Phi) is 5.30. The van der Waals surface area contributed by atoms with Crippen molar-refractivity contribution in [3.8, 4) is 0 Å². The number of anilines is 2. The third kappa shape index (κ3) is 5.17. The molecule has 0 aliphatic heterocycles. The molecule has 0 spiro atoms. The molecule has 3 N–H and O–H groups in total. The van der Waals surface area contributed by atoms with E-state index in [0.29, 0.717) is 18.7 Å². The van der Waals surface area contributed by atoms with E-state index in [4.69, 9.17) is 5.73 Å². The van der Waals surface area contributed by atoms with E-state index in [9.17, 15) is 4.79 Å². The van der Waals surface area contributed by atoms with Crippen LogP contribution in [0.1, 0.15) is 17.1 Å². The summed E-state index contributed by atoms with van der Waals surface area (Å²) in [5.74, 6) is 0.001000. The number of carbonyl (C=O) groups is 1. The number of hydrogen-bond donors (Lipinski definition) is 2. The smallest absolute Gasteiger partial charge is 0.225 e. The number of thiazole rings is 1. The Hall–Kier alpha value is -1.92. The number of nitrogen functional groups attached to an aromatic ring is 1. The van der Waals surface area contributed by atoms with Gasteiger partial charge in [0.1, 0.15) is 0 Å². The lowest BCUT2D eigenvalue weighted by molar-refractivity contribution is -0.116. The lowest BCUT2D eigenvalue weighted by Crippen LogP contribution is -2.24. The first kappa shape index (κ1) is 15.5. The molecule has 1 aromatic heterocycles. The molecule has 112 valence electrons. The van der Waals surface area contributed by atoms with Crippen molar-refractivity contribution < 1.29 is 4.79 Å². The fraction of sp³-hybridized carbons (Fsp3) is 0.333. The van der Waals surface area contributed by atoms with Crippen molar-refractivity contribution in [2.75, 3.05) is 24.6 Å². The minimum absolute atomic E-state index is 0.001000. The number of rotatable bonds is 6. The van der Waals surface area contributed by atoms with Crippen LogP contribution in [-0.2, 0) is 11.3 Å². The maximum absolute atomic E-state index is 11.9. The Morgan fingerprint density at radius 1 is 1.38 bits per heavy atom. The van der Waals surface area contributed by atoms with Crippen LogP contribution in [0.2, 0.25) is 0 Å². The van der Waals surface area contributed by atoms with Crippen molar-refractivity contribution >= 4 is 28.6 Å². The second kappa shape index (κ2) is 7.19. The Bertz CT molecular complexity index is 594. The molecule has 0 bridgehead atoms. The topological polar surface area (TPSA) is 71.2 Å². The van der Waals surface area contributed by atoms with Gasteiger partial charge >= 0.3 is 0 Å². The predicted octanol–water partition coefficient (Wildman–Crippen LogP) is 2.49. The van der Waals surface area contributed by atoms with Crippen LogP contribution in [-0.4, -0.2) is 29.4 Å². The molecule has 0 atom stereocenters. The number of nitrogens with one attached hydrogen (secondary N) is 1. The second-order valence-electron chi connectivity index (χ2n) is 5.02. The zero-order valence-electron chi connectivity index (χ0n) is 12.3. The van der Waals surface area contributed by atoms with Gasteiger partial charge in [-0.3, -0.25) is 4.79 Å². The first-order valence-electron chi connectivity index (χ1n) is 6.78. The van der Waals surface area contributed by atoms with E-state index in [1.165, 1.54) is 0 Å². The van der Waals surface area contributed by atoms with E-state index in [1.54, 1.807) is 35.6 Å². The van der Waals surface area contributed by atoms with Crippen molar-refractivity contribution in [1.82, 2.24) is 9.88 Å². The highest BCUT2D eigenvalue weighted by Crippen LogP contribution is 2.12. The van der Waals surface area contributed by atoms with E-state index in [1.807, 2.05) is 14.0 Å². The van der Waals surface area contributed by atoms with Crippen LogP contribution in [0.4, 0.5) is 11.4 Å². The van der Waals surface area contributed by atoms with Gasteiger partial charge in [0.05, 0.1) is 10.7 Å². The van der Waals surface area contributed by atoms with Crippen molar-refractivity contribution in [3.63, 3.8) is 0 Å². The maximum Gasteiger partial charge on any atom is 0.225 e. The largest absolute Gasteiger partial charge is 0.399 e. The zero-order chi connectivity index (χ0) is 15.2. The maximum atomic E-state index is 11.9. The molecule has 1 amide bonds. The SMILES string of the molecule is Cc1nc(CN(C)CCC(=O)Nc2ccc(N)cc2)cs1. The van der Waals surface area contributed by atoms with Crippen molar-refractivity contribution in [2.24, 2.45) is 0 Å². The highest BCUT2D eigenvalue weighted by atomic mass is 32.1. The molecule has 0 unspecified atom stereocenters. The molecule has 0 saturated carbocycles. The molecule has 0 saturated heterocycles. The zero-order valence-corrected chi connectivity index (χ0v) is 13.1. The van der Waals surface area contributed by atoms with Gasteiger partial charge in [-0.15, -0.1) is 11.3 Å². The van der Waals surface area contributed by atoms with Crippen LogP contribution in [0.25, 0.3) is 0 Å². The van der Waals surface area contributed by atoms with Crippen LogP contribution in [0.3, 0.4) is 0 Å². The summed E-state index contributed by atoms with van der Waals surface area (Å²) >= 11 is 1.65. The van der Waals surface area contributed by atoms with Gasteiger partial charge in [-0.1, -0.05) is 0 Å². The lowest BCUT2D eigenvalue weighted by atomic mass is 10.2. The van der Waals surface area contributed by atoms with Crippen molar-refractivity contribution in [3.05, 3.63) is 40.3 Å². The van der Waals surface area contributed by atoms with Crippen LogP contribution in [0.15, 0.2) is 29.6 Å². The second-order valence-corrected chi connectivity index (χ2v) is 6.08. The fourth-order valence-electron chi connectivity index (χ4n) is 1.92. The van der Waals surface area contributed by atoms with E-state index >= 15 is 0 Å². The van der Waals surface area contributed by atoms with Crippen LogP contribution in [0, 0.1) is 6.92 Å². The van der Waals surface area contributed by atoms with Gasteiger partial charge in [0.15, 0.2) is 0 Å². The van der Waals surface area contributed by atoms with Gasteiger partial charge in [-0.05, 0) is 38.2 Å². The first-order valence-corrected chi connectivity index (χ1v) is 7.66. The quantitative estimate of drug-likeness (QED) is 0.804. The Balaban J connectivity index is 1.74.